The maximum absolute atomic E-state index is 13.6. The van der Waals surface area contributed by atoms with Gasteiger partial charge in [-0.15, -0.1) is 0 Å². The molecule has 0 aromatic heterocycles. The lowest BCUT2D eigenvalue weighted by Gasteiger charge is -2.27. The fourth-order valence-electron chi connectivity index (χ4n) is 10.9. The molecule has 8 atom stereocenters. The average molecular weight is 1350 g/mol. The quantitative estimate of drug-likeness (QED) is 0.0139. The summed E-state index contributed by atoms with van der Waals surface area (Å²) in [6, 6.07) is 14.8. The van der Waals surface area contributed by atoms with Crippen molar-refractivity contribution in [2.24, 2.45) is 11.8 Å². The Labute approximate surface area is 574 Å². The number of Topliss-reactive ketones (excluding diaryl/α,β-unsaturated/α-hetero) is 1. The van der Waals surface area contributed by atoms with Crippen molar-refractivity contribution in [3.63, 3.8) is 0 Å². The number of benzene rings is 2. The van der Waals surface area contributed by atoms with Crippen LogP contribution in [0.25, 0.3) is 0 Å². The van der Waals surface area contributed by atoms with Gasteiger partial charge < -0.3 is 58.0 Å². The largest absolute Gasteiger partial charge is 0.490 e. The number of ether oxygens (including phenoxy) is 9. The Morgan fingerprint density at radius 2 is 0.958 bits per heavy atom. The standard InChI is InChI=1S/C78H120O18/c1-8-12-14-16-25-31-37-61(72(82)59-88-52-65(80)39-33-27-21-18-20-24-30-36-60(5)79)50-75(85)95-70(57-92-73(83)10-3)55-89-67-46-42-63(43-47-67)78(6,7)64-44-48-68(49-45-64)90-56-71(58-93-74(84)11-4)96-76(86)51-62(38-32-26-17-15-13-9-2)77(87)94-53-66(81)40-34-28-22-19-23-29-35-41-69-54-91-69/h10-11,25-26,31-32,42-49,60-62,65-66,69-71,79-81H,3-4,8-9,12-24,27-30,33-41,50-59H2,1-2,5-7H3/b31-25+,32-26+. The predicted octanol–water partition coefficient (Wildman–Crippen LogP) is 14.8. The van der Waals surface area contributed by atoms with E-state index in [4.69, 9.17) is 42.6 Å². The normalized spacial score (nSPS) is 15.2. The zero-order valence-corrected chi connectivity index (χ0v) is 59.0. The van der Waals surface area contributed by atoms with Crippen LogP contribution < -0.4 is 9.47 Å². The zero-order chi connectivity index (χ0) is 70.0. The van der Waals surface area contributed by atoms with Gasteiger partial charge in [0.1, 0.15) is 51.1 Å². The van der Waals surface area contributed by atoms with Crippen molar-refractivity contribution in [2.45, 2.75) is 269 Å². The highest BCUT2D eigenvalue weighted by Crippen LogP contribution is 2.34. The van der Waals surface area contributed by atoms with Gasteiger partial charge in [0, 0.05) is 23.5 Å². The fourth-order valence-corrected chi connectivity index (χ4v) is 10.9. The Morgan fingerprint density at radius 1 is 0.531 bits per heavy atom. The Morgan fingerprint density at radius 3 is 1.41 bits per heavy atom. The third-order valence-electron chi connectivity index (χ3n) is 17.1. The van der Waals surface area contributed by atoms with Crippen LogP contribution in [0.2, 0.25) is 0 Å². The van der Waals surface area contributed by atoms with E-state index in [0.717, 1.165) is 165 Å². The number of allylic oxidation sites excluding steroid dienone is 4. The summed E-state index contributed by atoms with van der Waals surface area (Å²) in [6.45, 7) is 16.6. The van der Waals surface area contributed by atoms with Crippen molar-refractivity contribution in [3.8, 4) is 11.5 Å². The van der Waals surface area contributed by atoms with Crippen LogP contribution in [0.4, 0.5) is 0 Å². The molecular formula is C78H120O18. The number of unbranched alkanes of at least 4 members (excludes halogenated alkanes) is 18. The minimum atomic E-state index is -1.04. The van der Waals surface area contributed by atoms with Gasteiger partial charge in [-0.25, -0.2) is 9.59 Å². The molecule has 0 bridgehead atoms. The maximum atomic E-state index is 13.6. The number of carbonyl (C=O) groups is 6. The Kier molecular flexibility index (Phi) is 45.5. The van der Waals surface area contributed by atoms with Crippen molar-refractivity contribution in [2.75, 3.05) is 52.9 Å². The molecule has 1 aliphatic heterocycles. The van der Waals surface area contributed by atoms with Gasteiger partial charge in [0.2, 0.25) is 0 Å². The van der Waals surface area contributed by atoms with Crippen LogP contribution in [0.1, 0.15) is 238 Å². The van der Waals surface area contributed by atoms with E-state index in [-0.39, 0.29) is 77.4 Å². The smallest absolute Gasteiger partial charge is 0.330 e. The molecule has 1 heterocycles. The van der Waals surface area contributed by atoms with Crippen molar-refractivity contribution >= 4 is 35.6 Å². The minimum Gasteiger partial charge on any atom is -0.490 e. The second-order valence-corrected chi connectivity index (χ2v) is 26.2. The summed E-state index contributed by atoms with van der Waals surface area (Å²) in [7, 11) is 0. The van der Waals surface area contributed by atoms with Gasteiger partial charge in [0.15, 0.2) is 18.0 Å². The van der Waals surface area contributed by atoms with Gasteiger partial charge in [0.25, 0.3) is 0 Å². The van der Waals surface area contributed by atoms with Crippen molar-refractivity contribution in [1.82, 2.24) is 0 Å². The second-order valence-electron chi connectivity index (χ2n) is 26.2. The number of esters is 5. The molecule has 0 aliphatic carbocycles. The molecule has 96 heavy (non-hydrogen) atoms. The number of aliphatic hydroxyl groups excluding tert-OH is 3. The molecular weight excluding hydrogens is 1220 g/mol. The van der Waals surface area contributed by atoms with Gasteiger partial charge in [-0.05, 0) is 107 Å². The van der Waals surface area contributed by atoms with Gasteiger partial charge in [-0.1, -0.05) is 205 Å². The monoisotopic (exact) mass is 1340 g/mol. The molecule has 3 N–H and O–H groups in total. The molecule has 0 amide bonds. The van der Waals surface area contributed by atoms with E-state index in [2.05, 4.69) is 40.9 Å². The molecule has 18 nitrogen and oxygen atoms in total. The number of hydrogen-bond donors (Lipinski definition) is 3. The summed E-state index contributed by atoms with van der Waals surface area (Å²) >= 11 is 0. The summed E-state index contributed by atoms with van der Waals surface area (Å²) < 4.78 is 51.0. The van der Waals surface area contributed by atoms with E-state index >= 15 is 0 Å². The first-order chi connectivity index (χ1) is 46.4. The Bertz CT molecular complexity index is 2520. The van der Waals surface area contributed by atoms with Gasteiger partial charge in [-0.3, -0.25) is 19.2 Å². The molecule has 8 unspecified atom stereocenters. The molecule has 1 aliphatic rings. The molecule has 18 heteroatoms. The molecule has 2 aromatic rings. The zero-order valence-electron chi connectivity index (χ0n) is 59.0. The molecule has 0 saturated carbocycles. The lowest BCUT2D eigenvalue weighted by molar-refractivity contribution is -0.163. The van der Waals surface area contributed by atoms with E-state index < -0.39 is 71.5 Å². The fraction of sp³-hybridized carbons (Fsp3) is 0.667. The SMILES string of the molecule is C=CC(=O)OCC(COc1ccc(C(C)(C)c2ccc(OCC(COC(=O)C=C)OC(=O)CC(C/C=C/CCCCC)C(=O)OCC(O)CCCCCCCCCC3CO3)cc2)cc1)OC(=O)CC(C/C=C/CCCCC)C(=O)COCC(O)CCCCCCCCCC(C)O. The van der Waals surface area contributed by atoms with E-state index in [1.807, 2.05) is 55.5 Å². The van der Waals surface area contributed by atoms with Crippen molar-refractivity contribution in [3.05, 3.63) is 109 Å². The number of epoxide rings is 1. The Hall–Kier alpha value is -6.18. The van der Waals surface area contributed by atoms with Gasteiger partial charge in [-0.2, -0.15) is 0 Å². The lowest BCUT2D eigenvalue weighted by atomic mass is 9.78. The van der Waals surface area contributed by atoms with Crippen LogP contribution in [0.3, 0.4) is 0 Å². The van der Waals surface area contributed by atoms with Crippen LogP contribution in [-0.4, -0.2) is 140 Å². The van der Waals surface area contributed by atoms with Crippen LogP contribution in [0.5, 0.6) is 11.5 Å². The third-order valence-corrected chi connectivity index (χ3v) is 17.1. The summed E-state index contributed by atoms with van der Waals surface area (Å²) in [5, 5.41) is 30.7. The minimum absolute atomic E-state index is 0.00496. The predicted molar refractivity (Wildman–Crippen MR) is 373 cm³/mol. The van der Waals surface area contributed by atoms with Crippen LogP contribution in [0, 0.1) is 11.8 Å². The summed E-state index contributed by atoms with van der Waals surface area (Å²) in [6.07, 6.45) is 32.4. The Balaban J connectivity index is 1.59. The number of rotatable bonds is 60. The highest BCUT2D eigenvalue weighted by atomic mass is 16.6. The molecule has 0 spiro atoms. The summed E-state index contributed by atoms with van der Waals surface area (Å²) in [5.74, 6) is -4.42. The maximum Gasteiger partial charge on any atom is 0.330 e. The van der Waals surface area contributed by atoms with Crippen molar-refractivity contribution in [1.29, 1.82) is 0 Å². The van der Waals surface area contributed by atoms with Crippen LogP contribution in [-0.2, 0) is 67.3 Å². The second kappa shape index (κ2) is 52.0. The highest BCUT2D eigenvalue weighted by Gasteiger charge is 2.29. The average Bonchev–Trinajstić information content (AvgIpc) is 0.855. The van der Waals surface area contributed by atoms with Crippen LogP contribution in [0.15, 0.2) is 98.1 Å². The topological polar surface area (TPSA) is 249 Å². The molecule has 2 aromatic carbocycles. The van der Waals surface area contributed by atoms with E-state index in [0.29, 0.717) is 36.9 Å². The first-order valence-electron chi connectivity index (χ1n) is 36.0. The summed E-state index contributed by atoms with van der Waals surface area (Å²) in [5.41, 5.74) is 1.35. The van der Waals surface area contributed by atoms with Crippen LogP contribution >= 0.6 is 0 Å². The third kappa shape index (κ3) is 40.5. The molecule has 3 rings (SSSR count). The first kappa shape index (κ1) is 84.0. The van der Waals surface area contributed by atoms with E-state index in [9.17, 15) is 44.1 Å². The number of hydrogen-bond acceptors (Lipinski definition) is 18. The van der Waals surface area contributed by atoms with E-state index in [1.165, 1.54) is 19.3 Å². The number of ketones is 1. The lowest BCUT2D eigenvalue weighted by Crippen LogP contribution is -2.32. The highest BCUT2D eigenvalue weighted by molar-refractivity contribution is 5.86. The number of aliphatic hydroxyl groups is 3. The molecule has 1 saturated heterocycles. The summed E-state index contributed by atoms with van der Waals surface area (Å²) in [4.78, 5) is 78.7. The molecule has 1 fully saturated rings. The molecule has 0 radical (unpaired) electrons. The molecule has 540 valence electrons. The first-order valence-corrected chi connectivity index (χ1v) is 36.0. The van der Waals surface area contributed by atoms with E-state index in [1.54, 1.807) is 24.3 Å². The van der Waals surface area contributed by atoms with Crippen molar-refractivity contribution < 1.29 is 86.7 Å². The van der Waals surface area contributed by atoms with Gasteiger partial charge >= 0.3 is 29.8 Å². The number of carbonyl (C=O) groups excluding carboxylic acids is 6. The van der Waals surface area contributed by atoms with Gasteiger partial charge in [0.05, 0.1) is 56.4 Å².